The van der Waals surface area contributed by atoms with E-state index in [2.05, 4.69) is 20.4 Å². The number of benzene rings is 1. The highest BCUT2D eigenvalue weighted by molar-refractivity contribution is 5.90. The van der Waals surface area contributed by atoms with Gasteiger partial charge in [0.15, 0.2) is 0 Å². The third-order valence-electron chi connectivity index (χ3n) is 6.90. The molecule has 8 heteroatoms. The fourth-order valence-electron chi connectivity index (χ4n) is 4.28. The van der Waals surface area contributed by atoms with Crippen LogP contribution < -0.4 is 0 Å². The first-order valence-corrected chi connectivity index (χ1v) is 17.5. The second-order valence-corrected chi connectivity index (χ2v) is 11.2. The molecule has 0 radical (unpaired) electrons. The zero-order valence-electron chi connectivity index (χ0n) is 29.2. The van der Waals surface area contributed by atoms with Gasteiger partial charge in [-0.25, -0.2) is 14.4 Å². The average molecular weight is 651 g/mol. The topological polar surface area (TPSA) is 141 Å². The predicted octanol–water partition coefficient (Wildman–Crippen LogP) is 10.8. The van der Waals surface area contributed by atoms with E-state index < -0.39 is 17.9 Å². The standard InChI is InChI=1S/C24H50O.C7H6O3.C4H6O2.C3H4O2/c1-3-5-7-9-11-13-15-17-19-21-23-25-24-22-20-18-16-14-12-10-8-6-4-2;8-6-4-2-1-3-5(6)7(9)10;1-2-3-4(5)6;1-2-3(4)5/h3-24H2,1-2H3;1-4,8H,(H,9,10);2-3H,1H3,(H,5,6);2H,1H2,(H,4,5). The average Bonchev–Trinajstić information content (AvgIpc) is 3.02. The number of para-hydroxylation sites is 1. The van der Waals surface area contributed by atoms with Crippen LogP contribution in [-0.2, 0) is 14.3 Å². The second-order valence-electron chi connectivity index (χ2n) is 11.2. The van der Waals surface area contributed by atoms with E-state index in [4.69, 9.17) is 25.2 Å². The van der Waals surface area contributed by atoms with Gasteiger partial charge < -0.3 is 25.2 Å². The summed E-state index contributed by atoms with van der Waals surface area (Å²) in [7, 11) is 0. The molecule has 0 saturated carbocycles. The van der Waals surface area contributed by atoms with Gasteiger partial charge in [-0.1, -0.05) is 154 Å². The summed E-state index contributed by atoms with van der Waals surface area (Å²) in [5.74, 6) is -3.18. The van der Waals surface area contributed by atoms with Crippen molar-refractivity contribution in [2.24, 2.45) is 0 Å². The van der Waals surface area contributed by atoms with E-state index in [0.29, 0.717) is 0 Å². The summed E-state index contributed by atoms with van der Waals surface area (Å²) in [6.45, 7) is 11.2. The lowest BCUT2D eigenvalue weighted by atomic mass is 10.1. The van der Waals surface area contributed by atoms with Gasteiger partial charge in [0.1, 0.15) is 11.3 Å². The lowest BCUT2D eigenvalue weighted by molar-refractivity contribution is -0.132. The number of ether oxygens (including phenoxy) is 1. The molecule has 1 rings (SSSR count). The van der Waals surface area contributed by atoms with Crippen LogP contribution in [-0.4, -0.2) is 51.5 Å². The van der Waals surface area contributed by atoms with E-state index >= 15 is 0 Å². The van der Waals surface area contributed by atoms with E-state index in [9.17, 15) is 14.4 Å². The van der Waals surface area contributed by atoms with E-state index in [1.54, 1.807) is 19.1 Å². The van der Waals surface area contributed by atoms with Gasteiger partial charge in [0.05, 0.1) is 0 Å². The molecule has 0 amide bonds. The Labute approximate surface area is 280 Å². The summed E-state index contributed by atoms with van der Waals surface area (Å²) < 4.78 is 5.78. The monoisotopic (exact) mass is 650 g/mol. The summed E-state index contributed by atoms with van der Waals surface area (Å²) >= 11 is 0. The van der Waals surface area contributed by atoms with Gasteiger partial charge in [-0.05, 0) is 31.9 Å². The van der Waals surface area contributed by atoms with Crippen LogP contribution in [0.5, 0.6) is 5.75 Å². The van der Waals surface area contributed by atoms with Crippen molar-refractivity contribution in [3.8, 4) is 5.75 Å². The molecular formula is C38H66O8. The Morgan fingerprint density at radius 2 is 0.978 bits per heavy atom. The number of rotatable bonds is 25. The number of allylic oxidation sites excluding steroid dienone is 1. The molecule has 0 aromatic heterocycles. The molecule has 0 fully saturated rings. The Bertz CT molecular complexity index is 844. The van der Waals surface area contributed by atoms with Gasteiger partial charge in [0.2, 0.25) is 0 Å². The SMILES string of the molecule is C=CC(=O)O.CC=CC(=O)O.CCCCCCCCCCCCOCCCCCCCCCCCC.O=C(O)c1ccccc1O. The number of unbranched alkanes of at least 4 members (excludes halogenated alkanes) is 18. The highest BCUT2D eigenvalue weighted by Gasteiger charge is 2.05. The maximum absolute atomic E-state index is 10.3. The largest absolute Gasteiger partial charge is 0.507 e. The number of aliphatic carboxylic acids is 2. The highest BCUT2D eigenvalue weighted by Crippen LogP contribution is 2.14. The molecule has 0 aliphatic rings. The van der Waals surface area contributed by atoms with E-state index in [1.807, 2.05) is 0 Å². The fraction of sp³-hybridized carbons (Fsp3) is 0.658. The van der Waals surface area contributed by atoms with Crippen molar-refractivity contribution in [1.82, 2.24) is 0 Å². The van der Waals surface area contributed by atoms with Gasteiger partial charge in [-0.2, -0.15) is 0 Å². The molecule has 0 bridgehead atoms. The molecule has 0 spiro atoms. The Kier molecular flexibility index (Phi) is 41.0. The first-order chi connectivity index (χ1) is 22.2. The molecule has 8 nitrogen and oxygen atoms in total. The zero-order valence-corrected chi connectivity index (χ0v) is 29.2. The first kappa shape index (κ1) is 47.3. The zero-order chi connectivity index (χ0) is 35.1. The minimum absolute atomic E-state index is 0.0671. The highest BCUT2D eigenvalue weighted by atomic mass is 16.5. The number of aromatic hydroxyl groups is 1. The molecule has 0 aliphatic heterocycles. The molecule has 46 heavy (non-hydrogen) atoms. The number of hydrogen-bond donors (Lipinski definition) is 4. The van der Waals surface area contributed by atoms with Crippen molar-refractivity contribution in [1.29, 1.82) is 0 Å². The maximum Gasteiger partial charge on any atom is 0.339 e. The molecule has 0 aliphatic carbocycles. The molecule has 0 saturated heterocycles. The van der Waals surface area contributed by atoms with Crippen molar-refractivity contribution in [2.75, 3.05) is 13.2 Å². The first-order valence-electron chi connectivity index (χ1n) is 17.5. The molecule has 0 atom stereocenters. The van der Waals surface area contributed by atoms with Crippen LogP contribution in [0, 0.1) is 0 Å². The summed E-state index contributed by atoms with van der Waals surface area (Å²) in [6, 6.07) is 5.81. The number of aromatic carboxylic acids is 1. The lowest BCUT2D eigenvalue weighted by Crippen LogP contribution is -1.97. The lowest BCUT2D eigenvalue weighted by Gasteiger charge is -2.05. The molecule has 1 aromatic carbocycles. The Hall–Kier alpha value is -3.13. The van der Waals surface area contributed by atoms with E-state index in [0.717, 1.165) is 25.4 Å². The minimum atomic E-state index is -1.11. The van der Waals surface area contributed by atoms with Crippen LogP contribution in [0.25, 0.3) is 0 Å². The van der Waals surface area contributed by atoms with Crippen molar-refractivity contribution in [3.63, 3.8) is 0 Å². The van der Waals surface area contributed by atoms with Crippen LogP contribution in [0.15, 0.2) is 49.1 Å². The summed E-state index contributed by atoms with van der Waals surface area (Å²) in [5.41, 5.74) is -0.0671. The van der Waals surface area contributed by atoms with Crippen LogP contribution in [0.4, 0.5) is 0 Å². The number of phenols is 1. The Morgan fingerprint density at radius 1 is 0.630 bits per heavy atom. The Morgan fingerprint density at radius 3 is 1.22 bits per heavy atom. The third-order valence-corrected chi connectivity index (χ3v) is 6.90. The molecular weight excluding hydrogens is 584 g/mol. The molecule has 1 aromatic rings. The molecule has 0 unspecified atom stereocenters. The van der Waals surface area contributed by atoms with Gasteiger partial charge in [-0.15, -0.1) is 0 Å². The van der Waals surface area contributed by atoms with Gasteiger partial charge in [-0.3, -0.25) is 0 Å². The Balaban J connectivity index is -0.000000707. The fourth-order valence-corrected chi connectivity index (χ4v) is 4.28. The van der Waals surface area contributed by atoms with Gasteiger partial charge >= 0.3 is 17.9 Å². The van der Waals surface area contributed by atoms with Crippen LogP contribution in [0.1, 0.15) is 160 Å². The predicted molar refractivity (Wildman–Crippen MR) is 190 cm³/mol. The minimum Gasteiger partial charge on any atom is -0.507 e. The molecule has 4 N–H and O–H groups in total. The third kappa shape index (κ3) is 43.0. The van der Waals surface area contributed by atoms with Gasteiger partial charge in [0, 0.05) is 25.4 Å². The molecule has 0 heterocycles. The normalized spacial score (nSPS) is 10.1. The van der Waals surface area contributed by atoms with Crippen molar-refractivity contribution < 1.29 is 39.5 Å². The summed E-state index contributed by atoms with van der Waals surface area (Å²) in [6.07, 6.45) is 31.5. The second kappa shape index (κ2) is 39.9. The van der Waals surface area contributed by atoms with Crippen LogP contribution >= 0.6 is 0 Å². The van der Waals surface area contributed by atoms with Crippen molar-refractivity contribution >= 4 is 17.9 Å². The number of carbonyl (C=O) groups is 3. The van der Waals surface area contributed by atoms with E-state index in [1.165, 1.54) is 147 Å². The van der Waals surface area contributed by atoms with Crippen LogP contribution in [0.3, 0.4) is 0 Å². The molecule has 266 valence electrons. The summed E-state index contributed by atoms with van der Waals surface area (Å²) in [4.78, 5) is 29.0. The number of hydrogen-bond acceptors (Lipinski definition) is 5. The van der Waals surface area contributed by atoms with Crippen molar-refractivity contribution in [3.05, 3.63) is 54.6 Å². The smallest absolute Gasteiger partial charge is 0.339 e. The number of carboxylic acid groups (broad SMARTS) is 3. The van der Waals surface area contributed by atoms with E-state index in [-0.39, 0.29) is 11.3 Å². The maximum atomic E-state index is 10.3. The summed E-state index contributed by atoms with van der Waals surface area (Å²) in [5, 5.41) is 32.7. The van der Waals surface area contributed by atoms with Crippen LogP contribution in [0.2, 0.25) is 0 Å². The number of carboxylic acids is 3. The quantitative estimate of drug-likeness (QED) is 0.0605. The van der Waals surface area contributed by atoms with Crippen molar-refractivity contribution in [2.45, 2.75) is 149 Å². The van der Waals surface area contributed by atoms with Gasteiger partial charge in [0.25, 0.3) is 0 Å².